The number of nitrogens with zero attached hydrogens (tertiary/aromatic N) is 1. The molecule has 0 radical (unpaired) electrons. The molecule has 4 heteroatoms. The van der Waals surface area contributed by atoms with Gasteiger partial charge in [0.1, 0.15) is 0 Å². The molecule has 0 aliphatic carbocycles. The summed E-state index contributed by atoms with van der Waals surface area (Å²) in [4.78, 5) is 14.6. The second-order valence-electron chi connectivity index (χ2n) is 5.52. The number of ether oxygens (including phenoxy) is 1. The summed E-state index contributed by atoms with van der Waals surface area (Å²) in [6.45, 7) is 3.98. The number of likely N-dealkylation sites (tertiary alicyclic amines) is 1. The highest BCUT2D eigenvalue weighted by Crippen LogP contribution is 2.24. The molecule has 0 bridgehead atoms. The molecule has 1 aromatic carbocycles. The standard InChI is InChI=1S/C16H24N2O2/c1-12-8-9-18(11-15(12)20-2)16(19)14(10-17)13-6-4-3-5-7-13/h3-7,12,14-15H,8-11,17H2,1-2H3. The third-order valence-corrected chi connectivity index (χ3v) is 4.24. The summed E-state index contributed by atoms with van der Waals surface area (Å²) in [6.07, 6.45) is 1.11. The van der Waals surface area contributed by atoms with Crippen LogP contribution in [0.15, 0.2) is 30.3 Å². The maximum absolute atomic E-state index is 12.7. The van der Waals surface area contributed by atoms with Crippen LogP contribution in [0.2, 0.25) is 0 Å². The monoisotopic (exact) mass is 276 g/mol. The number of benzene rings is 1. The molecule has 2 rings (SSSR count). The summed E-state index contributed by atoms with van der Waals surface area (Å²) >= 11 is 0. The number of piperidine rings is 1. The van der Waals surface area contributed by atoms with Crippen LogP contribution in [-0.2, 0) is 9.53 Å². The van der Waals surface area contributed by atoms with E-state index >= 15 is 0 Å². The van der Waals surface area contributed by atoms with Crippen LogP contribution in [0, 0.1) is 5.92 Å². The predicted octanol–water partition coefficient (Wildman–Crippen LogP) is 1.61. The van der Waals surface area contributed by atoms with Crippen molar-refractivity contribution in [1.29, 1.82) is 0 Å². The lowest BCUT2D eigenvalue weighted by molar-refractivity contribution is -0.137. The fraction of sp³-hybridized carbons (Fsp3) is 0.562. The van der Waals surface area contributed by atoms with Gasteiger partial charge in [0, 0.05) is 26.7 Å². The summed E-state index contributed by atoms with van der Waals surface area (Å²) in [5.74, 6) is 0.367. The molecule has 2 N–H and O–H groups in total. The molecule has 1 aliphatic rings. The topological polar surface area (TPSA) is 55.6 Å². The van der Waals surface area contributed by atoms with Crippen LogP contribution >= 0.6 is 0 Å². The highest BCUT2D eigenvalue weighted by atomic mass is 16.5. The Morgan fingerprint density at radius 3 is 2.75 bits per heavy atom. The Bertz CT molecular complexity index is 435. The zero-order valence-corrected chi connectivity index (χ0v) is 12.3. The van der Waals surface area contributed by atoms with E-state index in [1.54, 1.807) is 7.11 Å². The van der Waals surface area contributed by atoms with Crippen LogP contribution in [0.3, 0.4) is 0 Å². The van der Waals surface area contributed by atoms with Gasteiger partial charge in [0.25, 0.3) is 0 Å². The molecular weight excluding hydrogens is 252 g/mol. The van der Waals surface area contributed by atoms with Crippen LogP contribution in [0.25, 0.3) is 0 Å². The number of methoxy groups -OCH3 is 1. The van der Waals surface area contributed by atoms with Gasteiger partial charge >= 0.3 is 0 Å². The summed E-state index contributed by atoms with van der Waals surface area (Å²) in [5.41, 5.74) is 6.82. The third-order valence-electron chi connectivity index (χ3n) is 4.24. The molecule has 0 spiro atoms. The van der Waals surface area contributed by atoms with E-state index in [9.17, 15) is 4.79 Å². The molecule has 1 aliphatic heterocycles. The summed E-state index contributed by atoms with van der Waals surface area (Å²) in [5, 5.41) is 0. The minimum atomic E-state index is -0.248. The maximum Gasteiger partial charge on any atom is 0.231 e. The molecular formula is C16H24N2O2. The highest BCUT2D eigenvalue weighted by molar-refractivity contribution is 5.84. The van der Waals surface area contributed by atoms with Gasteiger partial charge in [-0.3, -0.25) is 4.79 Å². The number of amides is 1. The van der Waals surface area contributed by atoms with Crippen LogP contribution in [0.1, 0.15) is 24.8 Å². The lowest BCUT2D eigenvalue weighted by atomic mass is 9.92. The molecule has 110 valence electrons. The predicted molar refractivity (Wildman–Crippen MR) is 79.4 cm³/mol. The number of nitrogens with two attached hydrogens (primary N) is 1. The summed E-state index contributed by atoms with van der Waals surface area (Å²) in [6, 6.07) is 9.78. The first kappa shape index (κ1) is 15.0. The smallest absolute Gasteiger partial charge is 0.231 e. The number of hydrogen-bond acceptors (Lipinski definition) is 3. The molecule has 20 heavy (non-hydrogen) atoms. The molecule has 3 atom stereocenters. The first-order valence-corrected chi connectivity index (χ1v) is 7.24. The van der Waals surface area contributed by atoms with E-state index in [0.29, 0.717) is 19.0 Å². The Labute approximate surface area is 120 Å². The average Bonchev–Trinajstić information content (AvgIpc) is 2.49. The third kappa shape index (κ3) is 3.19. The lowest BCUT2D eigenvalue weighted by Gasteiger charge is -2.37. The van der Waals surface area contributed by atoms with Gasteiger partial charge in [-0.2, -0.15) is 0 Å². The van der Waals surface area contributed by atoms with Crippen LogP contribution in [-0.4, -0.2) is 43.7 Å². The van der Waals surface area contributed by atoms with Crippen molar-refractivity contribution in [2.75, 3.05) is 26.7 Å². The van der Waals surface area contributed by atoms with Gasteiger partial charge in [-0.05, 0) is 17.9 Å². The van der Waals surface area contributed by atoms with Gasteiger partial charge in [0.05, 0.1) is 12.0 Å². The lowest BCUT2D eigenvalue weighted by Crippen LogP contribution is -2.49. The van der Waals surface area contributed by atoms with Crippen molar-refractivity contribution < 1.29 is 9.53 Å². The van der Waals surface area contributed by atoms with Gasteiger partial charge in [-0.25, -0.2) is 0 Å². The Balaban J connectivity index is 2.09. The zero-order valence-electron chi connectivity index (χ0n) is 12.3. The largest absolute Gasteiger partial charge is 0.379 e. The van der Waals surface area contributed by atoms with Crippen LogP contribution < -0.4 is 5.73 Å². The second-order valence-corrected chi connectivity index (χ2v) is 5.52. The number of carbonyl (C=O) groups excluding carboxylic acids is 1. The van der Waals surface area contributed by atoms with Crippen molar-refractivity contribution in [3.63, 3.8) is 0 Å². The Kier molecular flexibility index (Phi) is 5.15. The quantitative estimate of drug-likeness (QED) is 0.909. The number of hydrogen-bond donors (Lipinski definition) is 1. The summed E-state index contributed by atoms with van der Waals surface area (Å²) in [7, 11) is 1.72. The van der Waals surface area contributed by atoms with Crippen LogP contribution in [0.4, 0.5) is 0 Å². The number of rotatable bonds is 4. The average molecular weight is 276 g/mol. The maximum atomic E-state index is 12.7. The van der Waals surface area contributed by atoms with Crippen molar-refractivity contribution >= 4 is 5.91 Å². The minimum absolute atomic E-state index is 0.118. The molecule has 0 aromatic heterocycles. The summed E-state index contributed by atoms with van der Waals surface area (Å²) < 4.78 is 5.48. The van der Waals surface area contributed by atoms with E-state index in [1.807, 2.05) is 35.2 Å². The Morgan fingerprint density at radius 1 is 1.45 bits per heavy atom. The molecule has 1 saturated heterocycles. The normalized spacial score (nSPS) is 24.4. The Morgan fingerprint density at radius 2 is 2.15 bits per heavy atom. The number of carbonyl (C=O) groups is 1. The molecule has 4 nitrogen and oxygen atoms in total. The van der Waals surface area contributed by atoms with Crippen molar-refractivity contribution in [3.8, 4) is 0 Å². The highest BCUT2D eigenvalue weighted by Gasteiger charge is 2.32. The van der Waals surface area contributed by atoms with E-state index < -0.39 is 0 Å². The van der Waals surface area contributed by atoms with Gasteiger partial charge in [-0.1, -0.05) is 37.3 Å². The van der Waals surface area contributed by atoms with Crippen LogP contribution in [0.5, 0.6) is 0 Å². The van der Waals surface area contributed by atoms with E-state index in [4.69, 9.17) is 10.5 Å². The van der Waals surface area contributed by atoms with Gasteiger partial charge < -0.3 is 15.4 Å². The molecule has 1 heterocycles. The first-order valence-electron chi connectivity index (χ1n) is 7.24. The molecule has 3 unspecified atom stereocenters. The zero-order chi connectivity index (χ0) is 14.5. The molecule has 1 aromatic rings. The van der Waals surface area contributed by atoms with Crippen molar-refractivity contribution in [1.82, 2.24) is 4.90 Å². The van der Waals surface area contributed by atoms with E-state index in [1.165, 1.54) is 0 Å². The SMILES string of the molecule is COC1CN(C(=O)C(CN)c2ccccc2)CCC1C. The fourth-order valence-electron chi connectivity index (χ4n) is 2.83. The van der Waals surface area contributed by atoms with Crippen molar-refractivity contribution in [2.45, 2.75) is 25.4 Å². The fourth-order valence-corrected chi connectivity index (χ4v) is 2.83. The molecule has 1 amide bonds. The van der Waals surface area contributed by atoms with E-state index in [-0.39, 0.29) is 17.9 Å². The van der Waals surface area contributed by atoms with E-state index in [0.717, 1.165) is 18.5 Å². The molecule has 1 fully saturated rings. The van der Waals surface area contributed by atoms with Crippen molar-refractivity contribution in [3.05, 3.63) is 35.9 Å². The minimum Gasteiger partial charge on any atom is -0.379 e. The first-order chi connectivity index (χ1) is 9.67. The van der Waals surface area contributed by atoms with Gasteiger partial charge in [0.2, 0.25) is 5.91 Å². The van der Waals surface area contributed by atoms with Crippen molar-refractivity contribution in [2.24, 2.45) is 11.7 Å². The van der Waals surface area contributed by atoms with Gasteiger partial charge in [-0.15, -0.1) is 0 Å². The molecule has 0 saturated carbocycles. The van der Waals surface area contributed by atoms with E-state index in [2.05, 4.69) is 6.92 Å². The Hall–Kier alpha value is -1.39. The van der Waals surface area contributed by atoms with Gasteiger partial charge in [0.15, 0.2) is 0 Å². The second kappa shape index (κ2) is 6.86.